The number of nitrogen functional groups attached to an aromatic ring is 1. The fourth-order valence-electron chi connectivity index (χ4n) is 2.61. The Labute approximate surface area is 129 Å². The summed E-state index contributed by atoms with van der Waals surface area (Å²) in [5.74, 6) is 0.761. The Morgan fingerprint density at radius 2 is 1.95 bits per heavy atom. The fraction of sp³-hybridized carbons (Fsp3) is 0.611. The molecule has 0 heterocycles. The molecule has 0 aliphatic carbocycles. The Morgan fingerprint density at radius 1 is 1.19 bits per heavy atom. The van der Waals surface area contributed by atoms with Crippen LogP contribution in [0.5, 0.6) is 0 Å². The lowest BCUT2D eigenvalue weighted by molar-refractivity contribution is -0.121. The van der Waals surface area contributed by atoms with Crippen molar-refractivity contribution in [3.8, 4) is 0 Å². The summed E-state index contributed by atoms with van der Waals surface area (Å²) in [6, 6.07) is 7.76. The van der Waals surface area contributed by atoms with E-state index in [0.29, 0.717) is 18.8 Å². The second-order valence-electron chi connectivity index (χ2n) is 5.80. The molecule has 0 aliphatic heterocycles. The summed E-state index contributed by atoms with van der Waals surface area (Å²) in [5.41, 5.74) is 7.73. The van der Waals surface area contributed by atoms with Crippen molar-refractivity contribution in [2.75, 3.05) is 12.3 Å². The topological polar surface area (TPSA) is 55.1 Å². The zero-order valence-electron chi connectivity index (χ0n) is 13.5. The van der Waals surface area contributed by atoms with Gasteiger partial charge in [0.05, 0.1) is 0 Å². The van der Waals surface area contributed by atoms with Gasteiger partial charge in [-0.25, -0.2) is 0 Å². The Balaban J connectivity index is 2.30. The number of carbonyl (C=O) groups is 1. The molecule has 0 spiro atoms. The van der Waals surface area contributed by atoms with Crippen molar-refractivity contribution in [2.45, 2.75) is 58.8 Å². The maximum atomic E-state index is 12.0. The normalized spacial score (nSPS) is 12.1. The zero-order chi connectivity index (χ0) is 15.5. The number of hydrogen-bond acceptors (Lipinski definition) is 2. The first-order chi connectivity index (χ1) is 10.2. The lowest BCUT2D eigenvalue weighted by Gasteiger charge is -2.16. The number of hydrogen-bond donors (Lipinski definition) is 2. The maximum Gasteiger partial charge on any atom is 0.220 e. The van der Waals surface area contributed by atoms with Gasteiger partial charge in [-0.15, -0.1) is 0 Å². The summed E-state index contributed by atoms with van der Waals surface area (Å²) >= 11 is 0. The summed E-state index contributed by atoms with van der Waals surface area (Å²) in [7, 11) is 0. The smallest absolute Gasteiger partial charge is 0.220 e. The predicted molar refractivity (Wildman–Crippen MR) is 90.1 cm³/mol. The summed E-state index contributed by atoms with van der Waals surface area (Å²) in [6.45, 7) is 5.24. The van der Waals surface area contributed by atoms with Gasteiger partial charge in [-0.3, -0.25) is 4.79 Å². The van der Waals surface area contributed by atoms with Gasteiger partial charge < -0.3 is 11.1 Å². The van der Waals surface area contributed by atoms with Crippen LogP contribution in [0.25, 0.3) is 0 Å². The molecule has 3 nitrogen and oxygen atoms in total. The van der Waals surface area contributed by atoms with Crippen molar-refractivity contribution < 1.29 is 4.79 Å². The number of amides is 1. The molecule has 0 saturated heterocycles. The molecule has 0 bridgehead atoms. The van der Waals surface area contributed by atoms with Crippen LogP contribution in [0.2, 0.25) is 0 Å². The van der Waals surface area contributed by atoms with Gasteiger partial charge in [-0.1, -0.05) is 51.3 Å². The molecule has 0 saturated carbocycles. The van der Waals surface area contributed by atoms with E-state index in [2.05, 4.69) is 19.2 Å². The molecule has 0 radical (unpaired) electrons. The van der Waals surface area contributed by atoms with E-state index in [1.54, 1.807) is 0 Å². The van der Waals surface area contributed by atoms with E-state index in [9.17, 15) is 4.79 Å². The van der Waals surface area contributed by atoms with Crippen LogP contribution in [-0.2, 0) is 11.2 Å². The minimum absolute atomic E-state index is 0.135. The van der Waals surface area contributed by atoms with Gasteiger partial charge in [0.1, 0.15) is 0 Å². The van der Waals surface area contributed by atoms with Gasteiger partial charge >= 0.3 is 0 Å². The lowest BCUT2D eigenvalue weighted by Crippen LogP contribution is -2.29. The highest BCUT2D eigenvalue weighted by molar-refractivity contribution is 5.76. The first-order valence-electron chi connectivity index (χ1n) is 8.27. The Hall–Kier alpha value is -1.51. The first kappa shape index (κ1) is 17.5. The molecule has 1 rings (SSSR count). The second-order valence-corrected chi connectivity index (χ2v) is 5.80. The molecule has 21 heavy (non-hydrogen) atoms. The highest BCUT2D eigenvalue weighted by Crippen LogP contribution is 2.15. The standard InChI is InChI=1S/C18H30N2O/c1-3-5-9-15(8-4-2)14-20-18(21)13-12-16-10-6-7-11-17(16)19/h6-7,10-11,15H,3-5,8-9,12-14,19H2,1-2H3,(H,20,21). The van der Waals surface area contributed by atoms with Crippen LogP contribution in [0, 0.1) is 5.92 Å². The molecule has 118 valence electrons. The zero-order valence-corrected chi connectivity index (χ0v) is 13.5. The van der Waals surface area contributed by atoms with E-state index in [-0.39, 0.29) is 5.91 Å². The number of nitrogens with two attached hydrogens (primary N) is 1. The molecule has 1 atom stereocenters. The quantitative estimate of drug-likeness (QED) is 0.642. The highest BCUT2D eigenvalue weighted by atomic mass is 16.1. The maximum absolute atomic E-state index is 12.0. The SMILES string of the molecule is CCCCC(CCC)CNC(=O)CCc1ccccc1N. The minimum atomic E-state index is 0.135. The summed E-state index contributed by atoms with van der Waals surface area (Å²) in [6.07, 6.45) is 7.31. The van der Waals surface area contributed by atoms with E-state index < -0.39 is 0 Å². The average molecular weight is 290 g/mol. The number of rotatable bonds is 10. The van der Waals surface area contributed by atoms with Gasteiger partial charge in [0.25, 0.3) is 0 Å². The van der Waals surface area contributed by atoms with Crippen molar-refractivity contribution in [1.29, 1.82) is 0 Å². The number of aryl methyl sites for hydroxylation is 1. The van der Waals surface area contributed by atoms with Crippen molar-refractivity contribution >= 4 is 11.6 Å². The summed E-state index contributed by atoms with van der Waals surface area (Å²) in [4.78, 5) is 12.0. The molecule has 0 aromatic heterocycles. The fourth-order valence-corrected chi connectivity index (χ4v) is 2.61. The van der Waals surface area contributed by atoms with Crippen molar-refractivity contribution in [3.63, 3.8) is 0 Å². The molecule has 1 aromatic rings. The average Bonchev–Trinajstić information content (AvgIpc) is 2.49. The molecule has 0 fully saturated rings. The van der Waals surface area contributed by atoms with Gasteiger partial charge in [0.15, 0.2) is 0 Å². The number of benzene rings is 1. The van der Waals surface area contributed by atoms with Crippen LogP contribution in [0.15, 0.2) is 24.3 Å². The van der Waals surface area contributed by atoms with E-state index in [4.69, 9.17) is 5.73 Å². The van der Waals surface area contributed by atoms with E-state index >= 15 is 0 Å². The lowest BCUT2D eigenvalue weighted by atomic mass is 9.97. The largest absolute Gasteiger partial charge is 0.399 e. The molecule has 3 heteroatoms. The minimum Gasteiger partial charge on any atom is -0.399 e. The van der Waals surface area contributed by atoms with Crippen LogP contribution < -0.4 is 11.1 Å². The van der Waals surface area contributed by atoms with Crippen LogP contribution in [0.1, 0.15) is 57.9 Å². The summed E-state index contributed by atoms with van der Waals surface area (Å²) < 4.78 is 0. The van der Waals surface area contributed by atoms with Gasteiger partial charge in [-0.2, -0.15) is 0 Å². The Bertz CT molecular complexity index is 417. The number of unbranched alkanes of at least 4 members (excludes halogenated alkanes) is 1. The Kier molecular flexibility index (Phi) is 8.56. The monoisotopic (exact) mass is 290 g/mol. The van der Waals surface area contributed by atoms with Crippen LogP contribution in [0.4, 0.5) is 5.69 Å². The highest BCUT2D eigenvalue weighted by Gasteiger charge is 2.10. The molecular weight excluding hydrogens is 260 g/mol. The molecular formula is C18H30N2O. The molecule has 3 N–H and O–H groups in total. The van der Waals surface area contributed by atoms with E-state index in [1.807, 2.05) is 24.3 Å². The van der Waals surface area contributed by atoms with Gasteiger partial charge in [0, 0.05) is 18.7 Å². The van der Waals surface area contributed by atoms with Crippen molar-refractivity contribution in [2.24, 2.45) is 5.92 Å². The number of nitrogens with one attached hydrogen (secondary N) is 1. The van der Waals surface area contributed by atoms with E-state index in [0.717, 1.165) is 17.8 Å². The van der Waals surface area contributed by atoms with Crippen molar-refractivity contribution in [3.05, 3.63) is 29.8 Å². The third kappa shape index (κ3) is 7.16. The number of carbonyl (C=O) groups excluding carboxylic acids is 1. The molecule has 1 aromatic carbocycles. The van der Waals surface area contributed by atoms with Crippen LogP contribution in [-0.4, -0.2) is 12.5 Å². The molecule has 0 aliphatic rings. The Morgan fingerprint density at radius 3 is 2.62 bits per heavy atom. The third-order valence-electron chi connectivity index (χ3n) is 3.93. The third-order valence-corrected chi connectivity index (χ3v) is 3.93. The molecule has 1 unspecified atom stereocenters. The van der Waals surface area contributed by atoms with Gasteiger partial charge in [0.2, 0.25) is 5.91 Å². The van der Waals surface area contributed by atoms with E-state index in [1.165, 1.54) is 32.1 Å². The number of para-hydroxylation sites is 1. The number of anilines is 1. The molecule has 1 amide bonds. The second kappa shape index (κ2) is 10.3. The summed E-state index contributed by atoms with van der Waals surface area (Å²) in [5, 5.41) is 3.09. The van der Waals surface area contributed by atoms with Crippen molar-refractivity contribution in [1.82, 2.24) is 5.32 Å². The van der Waals surface area contributed by atoms with Gasteiger partial charge in [-0.05, 0) is 36.8 Å². The van der Waals surface area contributed by atoms with Crippen LogP contribution >= 0.6 is 0 Å². The predicted octanol–water partition coefficient (Wildman–Crippen LogP) is 3.92. The first-order valence-corrected chi connectivity index (χ1v) is 8.27. The van der Waals surface area contributed by atoms with Crippen LogP contribution in [0.3, 0.4) is 0 Å².